The van der Waals surface area contributed by atoms with Crippen LogP contribution in [0.3, 0.4) is 0 Å². The molecule has 2 unspecified atom stereocenters. The van der Waals surface area contributed by atoms with E-state index in [0.717, 1.165) is 31.0 Å². The van der Waals surface area contributed by atoms with Crippen LogP contribution in [0.2, 0.25) is 0 Å². The zero-order valence-corrected chi connectivity index (χ0v) is 13.1. The molecule has 0 radical (unpaired) electrons. The average Bonchev–Trinajstić information content (AvgIpc) is 3.09. The fraction of sp³-hybridized carbons (Fsp3) is 0.647. The van der Waals surface area contributed by atoms with E-state index in [1.54, 1.807) is 0 Å². The van der Waals surface area contributed by atoms with Crippen molar-refractivity contribution in [1.29, 1.82) is 0 Å². The summed E-state index contributed by atoms with van der Waals surface area (Å²) in [7, 11) is 0. The molecule has 3 rings (SSSR count). The van der Waals surface area contributed by atoms with Crippen LogP contribution < -0.4 is 15.2 Å². The van der Waals surface area contributed by atoms with Crippen molar-refractivity contribution in [2.24, 2.45) is 5.73 Å². The molecule has 1 fully saturated rings. The Morgan fingerprint density at radius 3 is 2.81 bits per heavy atom. The minimum atomic E-state index is 0.235. The normalized spacial score (nSPS) is 22.9. The predicted octanol–water partition coefficient (Wildman–Crippen LogP) is 2.50. The van der Waals surface area contributed by atoms with Crippen LogP contribution in [0.1, 0.15) is 43.9 Å². The molecule has 0 bridgehead atoms. The van der Waals surface area contributed by atoms with E-state index >= 15 is 0 Å². The monoisotopic (exact) mass is 290 g/mol. The Labute approximate surface area is 127 Å². The second-order valence-corrected chi connectivity index (χ2v) is 6.06. The third kappa shape index (κ3) is 2.87. The van der Waals surface area contributed by atoms with Crippen LogP contribution in [0.4, 0.5) is 0 Å². The highest BCUT2D eigenvalue weighted by Gasteiger charge is 2.28. The molecule has 1 aromatic carbocycles. The van der Waals surface area contributed by atoms with E-state index in [1.807, 2.05) is 6.92 Å². The summed E-state index contributed by atoms with van der Waals surface area (Å²) in [4.78, 5) is 2.47. The van der Waals surface area contributed by atoms with E-state index in [0.29, 0.717) is 13.2 Å². The molecule has 1 saturated heterocycles. The number of nitrogens with zero attached hydrogens (tertiary/aromatic N) is 1. The Hall–Kier alpha value is -1.26. The minimum absolute atomic E-state index is 0.235. The van der Waals surface area contributed by atoms with Crippen molar-refractivity contribution in [2.75, 3.05) is 26.2 Å². The first kappa shape index (κ1) is 14.7. The predicted molar refractivity (Wildman–Crippen MR) is 84.0 cm³/mol. The van der Waals surface area contributed by atoms with Gasteiger partial charge in [0.25, 0.3) is 0 Å². The molecule has 4 heteroatoms. The summed E-state index contributed by atoms with van der Waals surface area (Å²) in [5, 5.41) is 0. The second-order valence-electron chi connectivity index (χ2n) is 6.06. The molecule has 2 N–H and O–H groups in total. The molecule has 116 valence electrons. The number of benzene rings is 1. The van der Waals surface area contributed by atoms with E-state index in [4.69, 9.17) is 15.2 Å². The molecular formula is C17H26N2O2. The first-order valence-corrected chi connectivity index (χ1v) is 8.13. The number of nitrogens with two attached hydrogens (primary N) is 1. The van der Waals surface area contributed by atoms with E-state index in [9.17, 15) is 0 Å². The van der Waals surface area contributed by atoms with Gasteiger partial charge >= 0.3 is 0 Å². The highest BCUT2D eigenvalue weighted by molar-refractivity contribution is 5.50. The largest absolute Gasteiger partial charge is 0.494 e. The summed E-state index contributed by atoms with van der Waals surface area (Å²) in [6.45, 7) is 7.70. The molecular weight excluding hydrogens is 264 g/mol. The molecule has 1 aromatic rings. The van der Waals surface area contributed by atoms with Crippen molar-refractivity contribution in [3.63, 3.8) is 0 Å². The summed E-state index contributed by atoms with van der Waals surface area (Å²) >= 11 is 0. The lowest BCUT2D eigenvalue weighted by atomic mass is 10.00. The van der Waals surface area contributed by atoms with Crippen molar-refractivity contribution in [1.82, 2.24) is 4.90 Å². The van der Waals surface area contributed by atoms with Gasteiger partial charge in [0.2, 0.25) is 0 Å². The van der Waals surface area contributed by atoms with Crippen LogP contribution >= 0.6 is 0 Å². The van der Waals surface area contributed by atoms with Gasteiger partial charge in [-0.1, -0.05) is 0 Å². The van der Waals surface area contributed by atoms with Crippen LogP contribution in [-0.2, 0) is 6.42 Å². The van der Waals surface area contributed by atoms with Crippen molar-refractivity contribution < 1.29 is 9.47 Å². The molecule has 0 amide bonds. The number of rotatable bonds is 5. The highest BCUT2D eigenvalue weighted by Crippen LogP contribution is 2.39. The maximum Gasteiger partial charge on any atom is 0.124 e. The summed E-state index contributed by atoms with van der Waals surface area (Å²) in [5.74, 6) is 2.00. The molecule has 0 aromatic heterocycles. The first-order valence-electron chi connectivity index (χ1n) is 8.13. The fourth-order valence-electron chi connectivity index (χ4n) is 3.52. The summed E-state index contributed by atoms with van der Waals surface area (Å²) in [6.07, 6.45) is 3.75. The zero-order valence-electron chi connectivity index (χ0n) is 13.1. The van der Waals surface area contributed by atoms with Gasteiger partial charge in [0.1, 0.15) is 17.6 Å². The van der Waals surface area contributed by atoms with Crippen LogP contribution in [0.15, 0.2) is 12.1 Å². The van der Waals surface area contributed by atoms with Crippen LogP contribution in [-0.4, -0.2) is 37.2 Å². The summed E-state index contributed by atoms with van der Waals surface area (Å²) in [6, 6.07) is 4.56. The first-order chi connectivity index (χ1) is 10.2. The Balaban J connectivity index is 1.96. The van der Waals surface area contributed by atoms with Gasteiger partial charge in [-0.05, 0) is 51.9 Å². The lowest BCUT2D eigenvalue weighted by Crippen LogP contribution is -2.31. The number of hydrogen-bond acceptors (Lipinski definition) is 4. The number of ether oxygens (including phenoxy) is 2. The third-order valence-electron chi connectivity index (χ3n) is 4.49. The molecule has 0 spiro atoms. The third-order valence-corrected chi connectivity index (χ3v) is 4.49. The molecule has 2 aliphatic rings. The topological polar surface area (TPSA) is 47.7 Å². The molecule has 2 atom stereocenters. The highest BCUT2D eigenvalue weighted by atomic mass is 16.5. The van der Waals surface area contributed by atoms with Gasteiger partial charge in [0.15, 0.2) is 0 Å². The van der Waals surface area contributed by atoms with E-state index < -0.39 is 0 Å². The van der Waals surface area contributed by atoms with Crippen LogP contribution in [0.25, 0.3) is 0 Å². The van der Waals surface area contributed by atoms with Gasteiger partial charge in [0.05, 0.1) is 12.6 Å². The summed E-state index contributed by atoms with van der Waals surface area (Å²) < 4.78 is 11.8. The number of likely N-dealkylation sites (tertiary alicyclic amines) is 1. The SMILES string of the molecule is CCOc1cc2c(cc1C(CN)N1CCCC1)OC(C)C2. The Morgan fingerprint density at radius 1 is 1.38 bits per heavy atom. The maximum atomic E-state index is 6.08. The van der Waals surface area contributed by atoms with Gasteiger partial charge < -0.3 is 15.2 Å². The lowest BCUT2D eigenvalue weighted by Gasteiger charge is -2.28. The van der Waals surface area contributed by atoms with Crippen molar-refractivity contribution >= 4 is 0 Å². The molecule has 2 heterocycles. The van der Waals surface area contributed by atoms with Crippen molar-refractivity contribution in [3.8, 4) is 11.5 Å². The van der Waals surface area contributed by atoms with E-state index in [2.05, 4.69) is 24.0 Å². The molecule has 21 heavy (non-hydrogen) atoms. The van der Waals surface area contributed by atoms with Gasteiger partial charge in [-0.3, -0.25) is 4.90 Å². The second kappa shape index (κ2) is 6.24. The molecule has 0 saturated carbocycles. The number of hydrogen-bond donors (Lipinski definition) is 1. The maximum absolute atomic E-state index is 6.08. The van der Waals surface area contributed by atoms with Crippen molar-refractivity contribution in [2.45, 2.75) is 45.3 Å². The Morgan fingerprint density at radius 2 is 2.14 bits per heavy atom. The Bertz CT molecular complexity index is 498. The van der Waals surface area contributed by atoms with Gasteiger partial charge in [0, 0.05) is 24.1 Å². The van der Waals surface area contributed by atoms with Gasteiger partial charge in [-0.2, -0.15) is 0 Å². The van der Waals surface area contributed by atoms with E-state index in [1.165, 1.54) is 24.0 Å². The average molecular weight is 290 g/mol. The lowest BCUT2D eigenvalue weighted by molar-refractivity contribution is 0.237. The fourth-order valence-corrected chi connectivity index (χ4v) is 3.52. The molecule has 2 aliphatic heterocycles. The summed E-state index contributed by atoms with van der Waals surface area (Å²) in [5.41, 5.74) is 8.53. The molecule has 0 aliphatic carbocycles. The minimum Gasteiger partial charge on any atom is -0.494 e. The van der Waals surface area contributed by atoms with Crippen LogP contribution in [0, 0.1) is 0 Å². The smallest absolute Gasteiger partial charge is 0.124 e. The van der Waals surface area contributed by atoms with Crippen LogP contribution in [0.5, 0.6) is 11.5 Å². The van der Waals surface area contributed by atoms with Crippen molar-refractivity contribution in [3.05, 3.63) is 23.3 Å². The van der Waals surface area contributed by atoms with Gasteiger partial charge in [-0.15, -0.1) is 0 Å². The standard InChI is InChI=1S/C17H26N2O2/c1-3-20-17-9-13-8-12(2)21-16(13)10-14(17)15(11-18)19-6-4-5-7-19/h9-10,12,15H,3-8,11,18H2,1-2H3. The molecule has 4 nitrogen and oxygen atoms in total. The Kier molecular flexibility index (Phi) is 4.36. The van der Waals surface area contributed by atoms with Gasteiger partial charge in [-0.25, -0.2) is 0 Å². The number of fused-ring (bicyclic) bond motifs is 1. The zero-order chi connectivity index (χ0) is 14.8. The quantitative estimate of drug-likeness (QED) is 0.905. The van der Waals surface area contributed by atoms with E-state index in [-0.39, 0.29) is 12.1 Å².